The van der Waals surface area contributed by atoms with Crippen molar-refractivity contribution >= 4 is 5.91 Å². The number of rotatable bonds is 5. The molecule has 4 rings (SSSR count). The summed E-state index contributed by atoms with van der Waals surface area (Å²) in [5.74, 6) is 7.25. The summed E-state index contributed by atoms with van der Waals surface area (Å²) < 4.78 is 0. The van der Waals surface area contributed by atoms with E-state index in [4.69, 9.17) is 0 Å². The van der Waals surface area contributed by atoms with Gasteiger partial charge in [-0.05, 0) is 73.9 Å². The Bertz CT molecular complexity index is 894. The molecule has 0 radical (unpaired) electrons. The largest absolute Gasteiger partial charge is 0.351 e. The van der Waals surface area contributed by atoms with Gasteiger partial charge < -0.3 is 5.32 Å². The second kappa shape index (κ2) is 8.19. The molecular formula is C25H28N2O. The highest BCUT2D eigenvalue weighted by Gasteiger charge is 2.39. The molecule has 2 saturated carbocycles. The Balaban J connectivity index is 1.36. The van der Waals surface area contributed by atoms with Crippen LogP contribution in [0.1, 0.15) is 72.1 Å². The molecule has 2 fully saturated rings. The Morgan fingerprint density at radius 2 is 1.82 bits per heavy atom. The molecule has 1 N–H and O–H groups in total. The molecule has 2 aliphatic carbocycles. The zero-order chi connectivity index (χ0) is 19.4. The third-order valence-corrected chi connectivity index (χ3v) is 6.10. The quantitative estimate of drug-likeness (QED) is 0.760. The van der Waals surface area contributed by atoms with Crippen LogP contribution in [-0.2, 0) is 0 Å². The minimum absolute atomic E-state index is 0.0336. The predicted molar refractivity (Wildman–Crippen MR) is 112 cm³/mol. The zero-order valence-electron chi connectivity index (χ0n) is 16.6. The van der Waals surface area contributed by atoms with E-state index < -0.39 is 0 Å². The van der Waals surface area contributed by atoms with E-state index >= 15 is 0 Å². The lowest BCUT2D eigenvalue weighted by molar-refractivity contribution is 0.0925. The van der Waals surface area contributed by atoms with E-state index in [0.717, 1.165) is 29.3 Å². The molecule has 0 atom stereocenters. The average Bonchev–Trinajstić information content (AvgIpc) is 3.40. The lowest BCUT2D eigenvalue weighted by Crippen LogP contribution is -2.36. The summed E-state index contributed by atoms with van der Waals surface area (Å²) in [6.07, 6.45) is 11.0. The maximum atomic E-state index is 12.6. The molecule has 1 aromatic carbocycles. The van der Waals surface area contributed by atoms with E-state index in [1.807, 2.05) is 43.3 Å². The van der Waals surface area contributed by atoms with Gasteiger partial charge in [-0.1, -0.05) is 37.5 Å². The first-order valence-corrected chi connectivity index (χ1v) is 10.4. The highest BCUT2D eigenvalue weighted by molar-refractivity contribution is 5.94. The van der Waals surface area contributed by atoms with Crippen molar-refractivity contribution in [3.8, 4) is 11.8 Å². The van der Waals surface area contributed by atoms with E-state index in [-0.39, 0.29) is 5.91 Å². The normalized spacial score (nSPS) is 17.6. The predicted octanol–water partition coefficient (Wildman–Crippen LogP) is 4.88. The molecule has 3 nitrogen and oxygen atoms in total. The van der Waals surface area contributed by atoms with Crippen LogP contribution >= 0.6 is 0 Å². The standard InChI is InChI=1S/C25H28N2O/c1-19-16-21(12-15-26-19)5-4-20-8-10-23(11-9-20)24(28)27-18-25(13-2-3-14-25)17-22-6-7-22/h8-12,15-16,22H,2-3,6-7,13-14,17-18H2,1H3,(H,27,28). The van der Waals surface area contributed by atoms with E-state index in [1.54, 1.807) is 6.20 Å². The monoisotopic (exact) mass is 372 g/mol. The van der Waals surface area contributed by atoms with Gasteiger partial charge in [0.25, 0.3) is 5.91 Å². The molecule has 1 heterocycles. The van der Waals surface area contributed by atoms with Crippen molar-refractivity contribution in [2.75, 3.05) is 6.54 Å². The topological polar surface area (TPSA) is 42.0 Å². The number of amides is 1. The molecule has 0 unspecified atom stereocenters. The maximum Gasteiger partial charge on any atom is 0.251 e. The first-order chi connectivity index (χ1) is 13.6. The van der Waals surface area contributed by atoms with Gasteiger partial charge in [-0.25, -0.2) is 0 Å². The average molecular weight is 373 g/mol. The first-order valence-electron chi connectivity index (χ1n) is 10.4. The number of aromatic nitrogens is 1. The fourth-order valence-electron chi connectivity index (χ4n) is 4.35. The Morgan fingerprint density at radius 1 is 1.11 bits per heavy atom. The van der Waals surface area contributed by atoms with Crippen LogP contribution in [0.2, 0.25) is 0 Å². The van der Waals surface area contributed by atoms with Gasteiger partial charge in [0.1, 0.15) is 0 Å². The fourth-order valence-corrected chi connectivity index (χ4v) is 4.35. The van der Waals surface area contributed by atoms with Gasteiger partial charge in [-0.15, -0.1) is 0 Å². The summed E-state index contributed by atoms with van der Waals surface area (Å²) in [5.41, 5.74) is 3.88. The van der Waals surface area contributed by atoms with Gasteiger partial charge in [0.2, 0.25) is 0 Å². The Morgan fingerprint density at radius 3 is 2.50 bits per heavy atom. The van der Waals surface area contributed by atoms with Crippen LogP contribution in [0.4, 0.5) is 0 Å². The van der Waals surface area contributed by atoms with Gasteiger partial charge >= 0.3 is 0 Å². The Kier molecular flexibility index (Phi) is 5.48. The van der Waals surface area contributed by atoms with Gasteiger partial charge in [0.15, 0.2) is 0 Å². The van der Waals surface area contributed by atoms with Crippen molar-refractivity contribution in [2.24, 2.45) is 11.3 Å². The molecule has 2 aromatic rings. The van der Waals surface area contributed by atoms with Gasteiger partial charge in [0.05, 0.1) is 0 Å². The number of carbonyl (C=O) groups excluding carboxylic acids is 1. The zero-order valence-corrected chi connectivity index (χ0v) is 16.6. The molecule has 0 aliphatic heterocycles. The van der Waals surface area contributed by atoms with Crippen LogP contribution in [0.3, 0.4) is 0 Å². The summed E-state index contributed by atoms with van der Waals surface area (Å²) >= 11 is 0. The van der Waals surface area contributed by atoms with Crippen molar-refractivity contribution < 1.29 is 4.79 Å². The molecule has 0 bridgehead atoms. The third-order valence-electron chi connectivity index (χ3n) is 6.10. The number of pyridine rings is 1. The van der Waals surface area contributed by atoms with Crippen molar-refractivity contribution in [1.82, 2.24) is 10.3 Å². The summed E-state index contributed by atoms with van der Waals surface area (Å²) in [4.78, 5) is 16.8. The highest BCUT2D eigenvalue weighted by Crippen LogP contribution is 2.48. The molecular weight excluding hydrogens is 344 g/mol. The summed E-state index contributed by atoms with van der Waals surface area (Å²) in [7, 11) is 0. The second-order valence-corrected chi connectivity index (χ2v) is 8.55. The summed E-state index contributed by atoms with van der Waals surface area (Å²) in [5, 5.41) is 3.22. The number of hydrogen-bond acceptors (Lipinski definition) is 2. The van der Waals surface area contributed by atoms with Crippen LogP contribution < -0.4 is 5.32 Å². The van der Waals surface area contributed by atoms with Crippen LogP contribution in [0.5, 0.6) is 0 Å². The second-order valence-electron chi connectivity index (χ2n) is 8.55. The van der Waals surface area contributed by atoms with E-state index in [2.05, 4.69) is 22.1 Å². The van der Waals surface area contributed by atoms with Crippen molar-refractivity contribution in [3.05, 3.63) is 65.0 Å². The minimum atomic E-state index is 0.0336. The van der Waals surface area contributed by atoms with E-state index in [0.29, 0.717) is 11.0 Å². The number of hydrogen-bond donors (Lipinski definition) is 1. The molecule has 1 amide bonds. The lowest BCUT2D eigenvalue weighted by atomic mass is 9.80. The van der Waals surface area contributed by atoms with Gasteiger partial charge in [-0.2, -0.15) is 0 Å². The number of carbonyl (C=O) groups is 1. The molecule has 0 spiro atoms. The smallest absolute Gasteiger partial charge is 0.251 e. The molecule has 144 valence electrons. The first kappa shape index (κ1) is 18.7. The lowest BCUT2D eigenvalue weighted by Gasteiger charge is -2.29. The molecule has 3 heteroatoms. The van der Waals surface area contributed by atoms with Crippen LogP contribution in [-0.4, -0.2) is 17.4 Å². The number of nitrogens with one attached hydrogen (secondary N) is 1. The SMILES string of the molecule is Cc1cc(C#Cc2ccc(C(=O)NCC3(CC4CC4)CCCC3)cc2)ccn1. The fraction of sp³-hybridized carbons (Fsp3) is 0.440. The molecule has 2 aliphatic rings. The highest BCUT2D eigenvalue weighted by atomic mass is 16.1. The number of aryl methyl sites for hydroxylation is 1. The van der Waals surface area contributed by atoms with E-state index in [9.17, 15) is 4.79 Å². The molecule has 1 aromatic heterocycles. The van der Waals surface area contributed by atoms with Gasteiger partial charge in [0, 0.05) is 35.1 Å². The number of benzene rings is 1. The van der Waals surface area contributed by atoms with Crippen molar-refractivity contribution in [3.63, 3.8) is 0 Å². The Hall–Kier alpha value is -2.60. The van der Waals surface area contributed by atoms with Crippen molar-refractivity contribution in [1.29, 1.82) is 0 Å². The summed E-state index contributed by atoms with van der Waals surface area (Å²) in [6, 6.07) is 11.5. The summed E-state index contributed by atoms with van der Waals surface area (Å²) in [6.45, 7) is 2.78. The van der Waals surface area contributed by atoms with Crippen LogP contribution in [0.15, 0.2) is 42.6 Å². The van der Waals surface area contributed by atoms with E-state index in [1.165, 1.54) is 44.9 Å². The minimum Gasteiger partial charge on any atom is -0.351 e. The molecule has 0 saturated heterocycles. The van der Waals surface area contributed by atoms with Gasteiger partial charge in [-0.3, -0.25) is 9.78 Å². The third kappa shape index (κ3) is 4.81. The van der Waals surface area contributed by atoms with Crippen molar-refractivity contribution in [2.45, 2.75) is 51.9 Å². The maximum absolute atomic E-state index is 12.6. The Labute approximate surface area is 168 Å². The van der Waals surface area contributed by atoms with Crippen LogP contribution in [0, 0.1) is 30.1 Å². The molecule has 28 heavy (non-hydrogen) atoms. The van der Waals surface area contributed by atoms with Crippen LogP contribution in [0.25, 0.3) is 0 Å². The number of nitrogens with zero attached hydrogens (tertiary/aromatic N) is 1.